The molecule has 4 heteroatoms. The van der Waals surface area contributed by atoms with E-state index in [4.69, 9.17) is 23.2 Å². The predicted octanol–water partition coefficient (Wildman–Crippen LogP) is 6.56. The van der Waals surface area contributed by atoms with Gasteiger partial charge in [0.2, 0.25) is 0 Å². The SMILES string of the molecule is Clc1ccc(N=Nc2ccc(Cl)c3ccccc23)cc1. The highest BCUT2D eigenvalue weighted by atomic mass is 35.5. The molecule has 0 saturated heterocycles. The number of nitrogens with zero attached hydrogens (tertiary/aromatic N) is 2. The van der Waals surface area contributed by atoms with Gasteiger partial charge in [0, 0.05) is 20.8 Å². The van der Waals surface area contributed by atoms with Crippen molar-refractivity contribution in [1.82, 2.24) is 0 Å². The zero-order chi connectivity index (χ0) is 13.9. The fourth-order valence-electron chi connectivity index (χ4n) is 1.95. The van der Waals surface area contributed by atoms with Crippen LogP contribution in [0.3, 0.4) is 0 Å². The monoisotopic (exact) mass is 300 g/mol. The largest absolute Gasteiger partial charge is 0.151 e. The van der Waals surface area contributed by atoms with E-state index in [1.807, 2.05) is 48.5 Å². The van der Waals surface area contributed by atoms with Gasteiger partial charge in [-0.25, -0.2) is 0 Å². The van der Waals surface area contributed by atoms with Crippen LogP contribution < -0.4 is 0 Å². The Kier molecular flexibility index (Phi) is 3.68. The molecule has 3 aromatic carbocycles. The summed E-state index contributed by atoms with van der Waals surface area (Å²) < 4.78 is 0. The molecule has 0 heterocycles. The highest BCUT2D eigenvalue weighted by Crippen LogP contribution is 2.32. The van der Waals surface area contributed by atoms with Gasteiger partial charge in [-0.3, -0.25) is 0 Å². The highest BCUT2D eigenvalue weighted by molar-refractivity contribution is 6.36. The Morgan fingerprint density at radius 3 is 2.10 bits per heavy atom. The number of fused-ring (bicyclic) bond motifs is 1. The normalized spacial score (nSPS) is 11.3. The maximum atomic E-state index is 6.18. The third kappa shape index (κ3) is 2.67. The molecule has 0 saturated carbocycles. The van der Waals surface area contributed by atoms with Crippen LogP contribution in [0.5, 0.6) is 0 Å². The lowest BCUT2D eigenvalue weighted by Crippen LogP contribution is -1.75. The number of benzene rings is 3. The highest BCUT2D eigenvalue weighted by Gasteiger charge is 2.03. The Labute approximate surface area is 126 Å². The molecule has 0 bridgehead atoms. The first kappa shape index (κ1) is 13.1. The van der Waals surface area contributed by atoms with Gasteiger partial charge in [-0.05, 0) is 36.4 Å². The quantitative estimate of drug-likeness (QED) is 0.479. The van der Waals surface area contributed by atoms with Crippen molar-refractivity contribution < 1.29 is 0 Å². The summed E-state index contributed by atoms with van der Waals surface area (Å²) in [6.07, 6.45) is 0. The van der Waals surface area contributed by atoms with Gasteiger partial charge in [0.15, 0.2) is 0 Å². The van der Waals surface area contributed by atoms with Crippen molar-refractivity contribution in [2.75, 3.05) is 0 Å². The van der Waals surface area contributed by atoms with E-state index in [0.29, 0.717) is 10.0 Å². The first-order chi connectivity index (χ1) is 9.74. The van der Waals surface area contributed by atoms with Gasteiger partial charge >= 0.3 is 0 Å². The Morgan fingerprint density at radius 1 is 0.650 bits per heavy atom. The molecule has 0 fully saturated rings. The Balaban J connectivity index is 2.03. The lowest BCUT2D eigenvalue weighted by Gasteiger charge is -2.02. The number of halogens is 2. The molecule has 0 spiro atoms. The molecule has 3 aromatic rings. The van der Waals surface area contributed by atoms with E-state index in [0.717, 1.165) is 22.1 Å². The van der Waals surface area contributed by atoms with Crippen LogP contribution in [0, 0.1) is 0 Å². The van der Waals surface area contributed by atoms with Crippen molar-refractivity contribution in [3.05, 3.63) is 70.7 Å². The van der Waals surface area contributed by atoms with Crippen molar-refractivity contribution >= 4 is 45.3 Å². The van der Waals surface area contributed by atoms with Gasteiger partial charge in [-0.2, -0.15) is 5.11 Å². The molecule has 20 heavy (non-hydrogen) atoms. The summed E-state index contributed by atoms with van der Waals surface area (Å²) in [6.45, 7) is 0. The van der Waals surface area contributed by atoms with Gasteiger partial charge in [-0.1, -0.05) is 47.5 Å². The summed E-state index contributed by atoms with van der Waals surface area (Å²) >= 11 is 12.0. The van der Waals surface area contributed by atoms with Crippen LogP contribution in [-0.4, -0.2) is 0 Å². The van der Waals surface area contributed by atoms with Crippen molar-refractivity contribution in [2.45, 2.75) is 0 Å². The first-order valence-electron chi connectivity index (χ1n) is 6.08. The van der Waals surface area contributed by atoms with Crippen molar-refractivity contribution in [2.24, 2.45) is 10.2 Å². The number of hydrogen-bond acceptors (Lipinski definition) is 2. The van der Waals surface area contributed by atoms with Crippen LogP contribution in [0.15, 0.2) is 70.9 Å². The molecule has 0 aromatic heterocycles. The second-order valence-electron chi connectivity index (χ2n) is 4.29. The van der Waals surface area contributed by atoms with E-state index < -0.39 is 0 Å². The fraction of sp³-hybridized carbons (Fsp3) is 0. The van der Waals surface area contributed by atoms with Crippen molar-refractivity contribution in [1.29, 1.82) is 0 Å². The third-order valence-corrected chi connectivity index (χ3v) is 3.53. The van der Waals surface area contributed by atoms with Gasteiger partial charge in [-0.15, -0.1) is 5.11 Å². The van der Waals surface area contributed by atoms with Gasteiger partial charge in [0.25, 0.3) is 0 Å². The van der Waals surface area contributed by atoms with Crippen LogP contribution in [0.25, 0.3) is 10.8 Å². The molecular weight excluding hydrogens is 291 g/mol. The predicted molar refractivity (Wildman–Crippen MR) is 84.6 cm³/mol. The summed E-state index contributed by atoms with van der Waals surface area (Å²) in [5, 5.41) is 11.9. The van der Waals surface area contributed by atoms with Gasteiger partial charge in [0.05, 0.1) is 11.4 Å². The van der Waals surface area contributed by atoms with Crippen LogP contribution in [0.2, 0.25) is 10.0 Å². The van der Waals surface area contributed by atoms with Crippen molar-refractivity contribution in [3.8, 4) is 0 Å². The number of hydrogen-bond donors (Lipinski definition) is 0. The van der Waals surface area contributed by atoms with Crippen LogP contribution >= 0.6 is 23.2 Å². The molecule has 0 N–H and O–H groups in total. The standard InChI is InChI=1S/C16H10Cl2N2/c17-11-5-7-12(8-6-11)19-20-16-10-9-15(18)13-3-1-2-4-14(13)16/h1-10H. The number of rotatable bonds is 2. The van der Waals surface area contributed by atoms with Crippen LogP contribution in [0.1, 0.15) is 0 Å². The molecular formula is C16H10Cl2N2. The molecule has 0 radical (unpaired) electrons. The maximum absolute atomic E-state index is 6.18. The minimum atomic E-state index is 0.681. The van der Waals surface area contributed by atoms with Crippen LogP contribution in [0.4, 0.5) is 11.4 Å². The second kappa shape index (κ2) is 5.61. The molecule has 0 unspecified atom stereocenters. The molecule has 0 atom stereocenters. The molecule has 3 rings (SSSR count). The zero-order valence-corrected chi connectivity index (χ0v) is 11.9. The lowest BCUT2D eigenvalue weighted by molar-refractivity contribution is 1.24. The van der Waals surface area contributed by atoms with Gasteiger partial charge < -0.3 is 0 Å². The van der Waals surface area contributed by atoms with E-state index in [1.165, 1.54) is 0 Å². The van der Waals surface area contributed by atoms with Crippen LogP contribution in [-0.2, 0) is 0 Å². The molecule has 98 valence electrons. The first-order valence-corrected chi connectivity index (χ1v) is 6.84. The molecule has 0 aliphatic heterocycles. The molecule has 0 aliphatic rings. The number of azo groups is 1. The fourth-order valence-corrected chi connectivity index (χ4v) is 2.31. The summed E-state index contributed by atoms with van der Waals surface area (Å²) in [7, 11) is 0. The summed E-state index contributed by atoms with van der Waals surface area (Å²) in [4.78, 5) is 0. The van der Waals surface area contributed by atoms with E-state index in [-0.39, 0.29) is 0 Å². The summed E-state index contributed by atoms with van der Waals surface area (Å²) in [5.41, 5.74) is 1.55. The Hall–Kier alpha value is -1.90. The average molecular weight is 301 g/mol. The Bertz CT molecular complexity index is 780. The topological polar surface area (TPSA) is 24.7 Å². The maximum Gasteiger partial charge on any atom is 0.0936 e. The van der Waals surface area contributed by atoms with E-state index in [9.17, 15) is 0 Å². The molecule has 0 amide bonds. The van der Waals surface area contributed by atoms with Crippen molar-refractivity contribution in [3.63, 3.8) is 0 Å². The van der Waals surface area contributed by atoms with E-state index >= 15 is 0 Å². The third-order valence-electron chi connectivity index (χ3n) is 2.95. The van der Waals surface area contributed by atoms with E-state index in [1.54, 1.807) is 12.1 Å². The molecule has 0 aliphatic carbocycles. The molecule has 2 nitrogen and oxygen atoms in total. The minimum Gasteiger partial charge on any atom is -0.151 e. The smallest absolute Gasteiger partial charge is 0.0936 e. The summed E-state index contributed by atoms with van der Waals surface area (Å²) in [5.74, 6) is 0. The Morgan fingerprint density at radius 2 is 1.35 bits per heavy atom. The lowest BCUT2D eigenvalue weighted by atomic mass is 10.1. The average Bonchev–Trinajstić information content (AvgIpc) is 2.49. The minimum absolute atomic E-state index is 0.681. The summed E-state index contributed by atoms with van der Waals surface area (Å²) in [6, 6.07) is 18.8. The second-order valence-corrected chi connectivity index (χ2v) is 5.13. The van der Waals surface area contributed by atoms with Gasteiger partial charge in [0.1, 0.15) is 0 Å². The van der Waals surface area contributed by atoms with E-state index in [2.05, 4.69) is 10.2 Å². The zero-order valence-electron chi connectivity index (χ0n) is 10.4.